The van der Waals surface area contributed by atoms with Crippen molar-refractivity contribution in [3.8, 4) is 11.4 Å². The second-order valence-corrected chi connectivity index (χ2v) is 2.82. The van der Waals surface area contributed by atoms with E-state index in [0.29, 0.717) is 17.3 Å². The normalized spacial score (nSPS) is 10.1. The Morgan fingerprint density at radius 1 is 1.43 bits per heavy atom. The van der Waals surface area contributed by atoms with Crippen LogP contribution < -0.4 is 0 Å². The summed E-state index contributed by atoms with van der Waals surface area (Å²) in [5.41, 5.74) is 1.23. The fourth-order valence-electron chi connectivity index (χ4n) is 1.14. The first-order chi connectivity index (χ1) is 6.79. The van der Waals surface area contributed by atoms with Crippen LogP contribution in [0.2, 0.25) is 0 Å². The van der Waals surface area contributed by atoms with Gasteiger partial charge in [0.05, 0.1) is 0 Å². The molecule has 2 aromatic rings. The summed E-state index contributed by atoms with van der Waals surface area (Å²) in [6.45, 7) is 1.71. The fraction of sp³-hybridized carbons (Fsp3) is 0.100. The van der Waals surface area contributed by atoms with Gasteiger partial charge in [0.25, 0.3) is 0 Å². The van der Waals surface area contributed by atoms with Gasteiger partial charge in [0.2, 0.25) is 18.0 Å². The molecule has 0 saturated carbocycles. The Labute approximate surface area is 80.6 Å². The highest BCUT2D eigenvalue weighted by molar-refractivity contribution is 5.78. The average molecular weight is 187 g/mol. The van der Waals surface area contributed by atoms with Crippen molar-refractivity contribution >= 4 is 6.29 Å². The standard InChI is InChI=1S/C10H7N2O2/c1-7-11-10(12-14-7)9-4-2-3-8(5-9)6-13/h2-5H,1H3. The summed E-state index contributed by atoms with van der Waals surface area (Å²) in [6.07, 6.45) is 1.81. The smallest absolute Gasteiger partial charge is 0.233 e. The molecule has 0 fully saturated rings. The van der Waals surface area contributed by atoms with Crippen LogP contribution in [-0.2, 0) is 4.79 Å². The largest absolute Gasteiger partial charge is 0.339 e. The summed E-state index contributed by atoms with van der Waals surface area (Å²) in [7, 11) is 0. The van der Waals surface area contributed by atoms with Crippen LogP contribution in [0.5, 0.6) is 0 Å². The summed E-state index contributed by atoms with van der Waals surface area (Å²) in [5.74, 6) is 0.986. The Kier molecular flexibility index (Phi) is 2.10. The molecule has 0 aliphatic heterocycles. The Bertz CT molecular complexity index is 463. The Morgan fingerprint density at radius 3 is 2.93 bits per heavy atom. The number of hydrogen-bond donors (Lipinski definition) is 0. The van der Waals surface area contributed by atoms with E-state index in [-0.39, 0.29) is 0 Å². The highest BCUT2D eigenvalue weighted by Gasteiger charge is 2.05. The van der Waals surface area contributed by atoms with E-state index in [1.54, 1.807) is 25.1 Å². The quantitative estimate of drug-likeness (QED) is 0.714. The number of benzene rings is 1. The number of hydrogen-bond acceptors (Lipinski definition) is 4. The van der Waals surface area contributed by atoms with E-state index in [4.69, 9.17) is 4.52 Å². The molecule has 1 heterocycles. The molecule has 4 nitrogen and oxygen atoms in total. The topological polar surface area (TPSA) is 56.0 Å². The van der Waals surface area contributed by atoms with Gasteiger partial charge in [-0.1, -0.05) is 23.4 Å². The molecule has 4 heteroatoms. The lowest BCUT2D eigenvalue weighted by molar-refractivity contribution is 0.394. The van der Waals surface area contributed by atoms with E-state index in [0.717, 1.165) is 5.56 Å². The molecule has 1 aromatic heterocycles. The van der Waals surface area contributed by atoms with Gasteiger partial charge in [0.1, 0.15) is 0 Å². The van der Waals surface area contributed by atoms with Crippen molar-refractivity contribution in [2.75, 3.05) is 0 Å². The van der Waals surface area contributed by atoms with Gasteiger partial charge in [-0.2, -0.15) is 4.98 Å². The zero-order valence-corrected chi connectivity index (χ0v) is 7.52. The first-order valence-corrected chi connectivity index (χ1v) is 4.08. The third-order valence-corrected chi connectivity index (χ3v) is 1.77. The van der Waals surface area contributed by atoms with Crippen LogP contribution in [-0.4, -0.2) is 16.4 Å². The van der Waals surface area contributed by atoms with E-state index in [9.17, 15) is 4.79 Å². The summed E-state index contributed by atoms with van der Waals surface area (Å²) in [6, 6.07) is 6.90. The predicted octanol–water partition coefficient (Wildman–Crippen LogP) is 1.50. The van der Waals surface area contributed by atoms with Gasteiger partial charge < -0.3 is 4.52 Å². The lowest BCUT2D eigenvalue weighted by Gasteiger charge is -1.93. The highest BCUT2D eigenvalue weighted by Crippen LogP contribution is 2.15. The Morgan fingerprint density at radius 2 is 2.29 bits per heavy atom. The van der Waals surface area contributed by atoms with Gasteiger partial charge in [-0.25, -0.2) is 0 Å². The molecule has 1 radical (unpaired) electrons. The molecule has 0 aliphatic carbocycles. The molecular formula is C10H7N2O2. The second kappa shape index (κ2) is 3.41. The Hall–Kier alpha value is -1.97. The van der Waals surface area contributed by atoms with Gasteiger partial charge in [-0.05, 0) is 6.07 Å². The van der Waals surface area contributed by atoms with Crippen LogP contribution >= 0.6 is 0 Å². The van der Waals surface area contributed by atoms with Crippen LogP contribution in [0.4, 0.5) is 0 Å². The molecule has 0 N–H and O–H groups in total. The monoisotopic (exact) mass is 187 g/mol. The molecule has 0 spiro atoms. The first kappa shape index (κ1) is 8.62. The number of carbonyl (C=O) groups excluding carboxylic acids is 1. The molecular weight excluding hydrogens is 180 g/mol. The fourth-order valence-corrected chi connectivity index (χ4v) is 1.14. The molecule has 69 valence electrons. The summed E-state index contributed by atoms with van der Waals surface area (Å²) in [5, 5.41) is 3.75. The minimum absolute atomic E-state index is 0.477. The molecule has 14 heavy (non-hydrogen) atoms. The molecule has 0 amide bonds. The predicted molar refractivity (Wildman–Crippen MR) is 49.3 cm³/mol. The molecule has 0 saturated heterocycles. The lowest BCUT2D eigenvalue weighted by atomic mass is 10.1. The number of aromatic nitrogens is 2. The maximum atomic E-state index is 10.4. The molecule has 0 aliphatic rings. The van der Waals surface area contributed by atoms with E-state index < -0.39 is 0 Å². The summed E-state index contributed by atoms with van der Waals surface area (Å²) < 4.78 is 4.83. The van der Waals surface area contributed by atoms with E-state index in [1.165, 1.54) is 0 Å². The van der Waals surface area contributed by atoms with Gasteiger partial charge in [-0.15, -0.1) is 0 Å². The lowest BCUT2D eigenvalue weighted by Crippen LogP contribution is -1.84. The van der Waals surface area contributed by atoms with Gasteiger partial charge >= 0.3 is 0 Å². The first-order valence-electron chi connectivity index (χ1n) is 4.08. The van der Waals surface area contributed by atoms with E-state index >= 15 is 0 Å². The maximum absolute atomic E-state index is 10.4. The molecule has 0 atom stereocenters. The summed E-state index contributed by atoms with van der Waals surface area (Å²) in [4.78, 5) is 14.5. The van der Waals surface area contributed by atoms with Gasteiger partial charge in [0.15, 0.2) is 0 Å². The Balaban J connectivity index is 2.46. The average Bonchev–Trinajstić information content (AvgIpc) is 2.65. The van der Waals surface area contributed by atoms with Crippen molar-refractivity contribution in [2.24, 2.45) is 0 Å². The van der Waals surface area contributed by atoms with E-state index in [1.807, 2.05) is 12.4 Å². The minimum atomic E-state index is 0.477. The van der Waals surface area contributed by atoms with E-state index in [2.05, 4.69) is 10.1 Å². The molecule has 0 bridgehead atoms. The molecule has 1 aromatic carbocycles. The number of aryl methyl sites for hydroxylation is 1. The van der Waals surface area contributed by atoms with Crippen molar-refractivity contribution in [3.63, 3.8) is 0 Å². The van der Waals surface area contributed by atoms with Crippen molar-refractivity contribution in [1.29, 1.82) is 0 Å². The number of nitrogens with zero attached hydrogens (tertiary/aromatic N) is 2. The zero-order valence-electron chi connectivity index (χ0n) is 7.52. The SMILES string of the molecule is Cc1nc(-c2cccc([C]=O)c2)no1. The molecule has 0 unspecified atom stereocenters. The third kappa shape index (κ3) is 1.54. The van der Waals surface area contributed by atoms with Crippen LogP contribution in [0, 0.1) is 6.92 Å². The van der Waals surface area contributed by atoms with Crippen molar-refractivity contribution in [2.45, 2.75) is 6.92 Å². The van der Waals surface area contributed by atoms with Crippen LogP contribution in [0.1, 0.15) is 11.5 Å². The van der Waals surface area contributed by atoms with Crippen molar-refractivity contribution in [3.05, 3.63) is 35.7 Å². The van der Waals surface area contributed by atoms with Gasteiger partial charge in [-0.3, -0.25) is 4.79 Å². The maximum Gasteiger partial charge on any atom is 0.233 e. The van der Waals surface area contributed by atoms with Crippen LogP contribution in [0.3, 0.4) is 0 Å². The van der Waals surface area contributed by atoms with Crippen LogP contribution in [0.25, 0.3) is 11.4 Å². The van der Waals surface area contributed by atoms with Crippen molar-refractivity contribution in [1.82, 2.24) is 10.1 Å². The molecule has 2 rings (SSSR count). The zero-order chi connectivity index (χ0) is 9.97. The third-order valence-electron chi connectivity index (χ3n) is 1.77. The highest BCUT2D eigenvalue weighted by atomic mass is 16.5. The van der Waals surface area contributed by atoms with Crippen LogP contribution in [0.15, 0.2) is 28.8 Å². The number of rotatable bonds is 2. The van der Waals surface area contributed by atoms with Gasteiger partial charge in [0, 0.05) is 18.1 Å². The minimum Gasteiger partial charge on any atom is -0.339 e. The van der Waals surface area contributed by atoms with Crippen molar-refractivity contribution < 1.29 is 9.32 Å². The second-order valence-electron chi connectivity index (χ2n) is 2.82. The summed E-state index contributed by atoms with van der Waals surface area (Å²) >= 11 is 0.